The van der Waals surface area contributed by atoms with Gasteiger partial charge in [0.15, 0.2) is 0 Å². The van der Waals surface area contributed by atoms with Crippen molar-refractivity contribution in [2.45, 2.75) is 46.5 Å². The van der Waals surface area contributed by atoms with E-state index in [2.05, 4.69) is 66.3 Å². The number of benzene rings is 4. The average molecular weight is 720 g/mol. The monoisotopic (exact) mass is 719 g/mol. The van der Waals surface area contributed by atoms with E-state index >= 15 is 0 Å². The van der Waals surface area contributed by atoms with Crippen LogP contribution in [0, 0.1) is 18.8 Å². The Bertz CT molecular complexity index is 1780. The third-order valence-corrected chi connectivity index (χ3v) is 9.35. The van der Waals surface area contributed by atoms with Gasteiger partial charge in [0, 0.05) is 72.8 Å². The Morgan fingerprint density at radius 2 is 1.09 bits per heavy atom. The van der Waals surface area contributed by atoms with E-state index in [1.165, 1.54) is 11.3 Å². The maximum atomic E-state index is 12.7. The van der Waals surface area contributed by atoms with Crippen molar-refractivity contribution in [1.82, 2.24) is 9.80 Å². The molecule has 6 N–H and O–H groups in total. The van der Waals surface area contributed by atoms with Gasteiger partial charge >= 0.3 is 6.03 Å². The predicted octanol–water partition coefficient (Wildman–Crippen LogP) is 7.95. The molecule has 5 amide bonds. The highest BCUT2D eigenvalue weighted by Crippen LogP contribution is 2.21. The van der Waals surface area contributed by atoms with E-state index in [0.717, 1.165) is 51.9 Å². The molecule has 2 aliphatic rings. The van der Waals surface area contributed by atoms with Gasteiger partial charge in [0.2, 0.25) is 6.41 Å². The summed E-state index contributed by atoms with van der Waals surface area (Å²) in [5.41, 5.74) is 11.8. The molecule has 4 aromatic rings. The predicted molar refractivity (Wildman–Crippen MR) is 215 cm³/mol. The Morgan fingerprint density at radius 3 is 1.58 bits per heavy atom. The van der Waals surface area contributed by atoms with Crippen LogP contribution in [0.1, 0.15) is 65.8 Å². The lowest BCUT2D eigenvalue weighted by atomic mass is 9.98. The smallest absolute Gasteiger partial charge is 0.323 e. The third kappa shape index (κ3) is 13.0. The van der Waals surface area contributed by atoms with E-state index < -0.39 is 0 Å². The summed E-state index contributed by atoms with van der Waals surface area (Å²) < 4.78 is 0. The van der Waals surface area contributed by atoms with E-state index in [9.17, 15) is 19.2 Å². The second-order valence-electron chi connectivity index (χ2n) is 13.7. The molecule has 0 aromatic heterocycles. The largest absolute Gasteiger partial charge is 0.399 e. The maximum Gasteiger partial charge on any atom is 0.323 e. The molecular weight excluding hydrogens is 667 g/mol. The quantitative estimate of drug-likeness (QED) is 0.0967. The van der Waals surface area contributed by atoms with Crippen LogP contribution in [-0.4, -0.2) is 67.3 Å². The van der Waals surface area contributed by atoms with Crippen molar-refractivity contribution in [2.75, 3.05) is 60.2 Å². The van der Waals surface area contributed by atoms with Gasteiger partial charge in [-0.15, -0.1) is 0 Å². The summed E-state index contributed by atoms with van der Waals surface area (Å²) in [5.74, 6) is 1.44. The highest BCUT2D eigenvalue weighted by molar-refractivity contribution is 6.01. The van der Waals surface area contributed by atoms with Gasteiger partial charge in [0.25, 0.3) is 11.8 Å². The van der Waals surface area contributed by atoms with Crippen LogP contribution in [0.4, 0.5) is 33.2 Å². The summed E-state index contributed by atoms with van der Waals surface area (Å²) in [4.78, 5) is 51.2. The Labute approximate surface area is 313 Å². The fraction of sp³-hybridized carbons (Fsp3) is 0.333. The van der Waals surface area contributed by atoms with Gasteiger partial charge in [-0.25, -0.2) is 4.79 Å². The van der Waals surface area contributed by atoms with Crippen molar-refractivity contribution in [3.05, 3.63) is 114 Å². The molecule has 0 spiro atoms. The Kier molecular flexibility index (Phi) is 15.3. The minimum Gasteiger partial charge on any atom is -0.399 e. The SMILES string of the molecule is CC1CCN(C(=O)c2cccc(NC(=O)Nc3ccc(N)cc3)c2)CC1.CC1CCN(C(=O)c2cccc(NC=O)c2)CC1.CNc1ccc(C)cc1. The van der Waals surface area contributed by atoms with Crippen molar-refractivity contribution < 1.29 is 19.2 Å². The number of nitrogens with one attached hydrogen (secondary N) is 4. The molecule has 2 heterocycles. The van der Waals surface area contributed by atoms with Gasteiger partial charge in [-0.3, -0.25) is 14.4 Å². The number of hydrogen-bond donors (Lipinski definition) is 5. The Balaban J connectivity index is 0.000000200. The summed E-state index contributed by atoms with van der Waals surface area (Å²) >= 11 is 0. The van der Waals surface area contributed by atoms with Crippen LogP contribution in [0.2, 0.25) is 0 Å². The summed E-state index contributed by atoms with van der Waals surface area (Å²) in [7, 11) is 1.92. The molecule has 0 radical (unpaired) electrons. The number of carbonyl (C=O) groups excluding carboxylic acids is 4. The van der Waals surface area contributed by atoms with E-state index in [-0.39, 0.29) is 17.8 Å². The van der Waals surface area contributed by atoms with Crippen molar-refractivity contribution >= 4 is 52.7 Å². The highest BCUT2D eigenvalue weighted by Gasteiger charge is 2.22. The van der Waals surface area contributed by atoms with Crippen LogP contribution in [0.25, 0.3) is 0 Å². The minimum absolute atomic E-state index is 0.0134. The number of carbonyl (C=O) groups is 4. The van der Waals surface area contributed by atoms with Gasteiger partial charge < -0.3 is 36.8 Å². The first-order valence-electron chi connectivity index (χ1n) is 18.2. The van der Waals surface area contributed by atoms with Gasteiger partial charge in [-0.05, 0) is 117 Å². The van der Waals surface area contributed by atoms with Gasteiger partial charge in [-0.2, -0.15) is 0 Å². The van der Waals surface area contributed by atoms with Gasteiger partial charge in [0.05, 0.1) is 0 Å². The normalized spacial score (nSPS) is 14.3. The van der Waals surface area contributed by atoms with Crippen LogP contribution >= 0.6 is 0 Å². The zero-order valence-corrected chi connectivity index (χ0v) is 31.2. The molecule has 2 aliphatic heterocycles. The van der Waals surface area contributed by atoms with Crippen LogP contribution in [-0.2, 0) is 4.79 Å². The minimum atomic E-state index is -0.369. The fourth-order valence-electron chi connectivity index (χ4n) is 5.91. The third-order valence-electron chi connectivity index (χ3n) is 9.35. The van der Waals surface area contributed by atoms with Gasteiger partial charge in [0.1, 0.15) is 0 Å². The molecule has 0 atom stereocenters. The number of hydrogen-bond acceptors (Lipinski definition) is 6. The number of aryl methyl sites for hydroxylation is 1. The summed E-state index contributed by atoms with van der Waals surface area (Å²) in [5, 5.41) is 11.1. The van der Waals surface area contributed by atoms with Crippen LogP contribution in [0.5, 0.6) is 0 Å². The Morgan fingerprint density at radius 1 is 0.642 bits per heavy atom. The zero-order chi connectivity index (χ0) is 38.2. The van der Waals surface area contributed by atoms with Crippen LogP contribution < -0.4 is 27.0 Å². The second-order valence-corrected chi connectivity index (χ2v) is 13.7. The highest BCUT2D eigenvalue weighted by atomic mass is 16.2. The molecule has 2 saturated heterocycles. The molecule has 0 bridgehead atoms. The molecule has 6 rings (SSSR count). The lowest BCUT2D eigenvalue weighted by Gasteiger charge is -2.30. The number of likely N-dealkylation sites (tertiary alicyclic amines) is 2. The lowest BCUT2D eigenvalue weighted by molar-refractivity contribution is -0.105. The number of nitrogens with zero attached hydrogens (tertiary/aromatic N) is 2. The summed E-state index contributed by atoms with van der Waals surface area (Å²) in [6.45, 7) is 9.74. The van der Waals surface area contributed by atoms with Crippen molar-refractivity contribution in [3.63, 3.8) is 0 Å². The molecule has 0 saturated carbocycles. The van der Waals surface area contributed by atoms with Crippen LogP contribution in [0.3, 0.4) is 0 Å². The van der Waals surface area contributed by atoms with Crippen molar-refractivity contribution in [2.24, 2.45) is 11.8 Å². The number of amides is 5. The first kappa shape index (κ1) is 39.9. The number of rotatable bonds is 7. The first-order chi connectivity index (χ1) is 25.5. The summed E-state index contributed by atoms with van der Waals surface area (Å²) in [6.07, 6.45) is 4.82. The average Bonchev–Trinajstić information content (AvgIpc) is 3.17. The summed E-state index contributed by atoms with van der Waals surface area (Å²) in [6, 6.07) is 28.9. The van der Waals surface area contributed by atoms with Gasteiger partial charge in [-0.1, -0.05) is 43.7 Å². The fourth-order valence-corrected chi connectivity index (χ4v) is 5.91. The van der Waals surface area contributed by atoms with E-state index in [1.807, 2.05) is 16.8 Å². The molecule has 0 unspecified atom stereocenters. The topological polar surface area (TPSA) is 149 Å². The molecule has 0 aliphatic carbocycles. The molecule has 53 heavy (non-hydrogen) atoms. The molecular formula is C42H53N7O4. The van der Waals surface area contributed by atoms with Crippen LogP contribution in [0.15, 0.2) is 97.1 Å². The first-order valence-corrected chi connectivity index (χ1v) is 18.2. The number of urea groups is 1. The zero-order valence-electron chi connectivity index (χ0n) is 31.2. The maximum absolute atomic E-state index is 12.7. The molecule has 280 valence electrons. The van der Waals surface area contributed by atoms with Crippen molar-refractivity contribution in [3.8, 4) is 0 Å². The van der Waals surface area contributed by atoms with E-state index in [4.69, 9.17) is 5.73 Å². The number of anilines is 5. The number of nitrogens with two attached hydrogens (primary N) is 1. The second kappa shape index (κ2) is 20.3. The van der Waals surface area contributed by atoms with E-state index in [1.54, 1.807) is 72.8 Å². The van der Waals surface area contributed by atoms with E-state index in [0.29, 0.717) is 52.1 Å². The van der Waals surface area contributed by atoms with Crippen molar-refractivity contribution in [1.29, 1.82) is 0 Å². The lowest BCUT2D eigenvalue weighted by Crippen LogP contribution is -2.37. The standard InChI is InChI=1S/C20H24N4O2.C14H18N2O2.C8H11N/c1-14-9-11-24(12-10-14)19(25)15-3-2-4-18(13-15)23-20(26)22-17-7-5-16(21)6-8-17;1-11-5-7-16(8-6-11)14(18)12-3-2-4-13(9-12)15-10-17;1-7-3-5-8(9-2)6-4-7/h2-8,13-14H,9-12,21H2,1H3,(H2,22,23,26);2-4,9-11H,5-8H2,1H3,(H,15,17);3-6,9H,1-2H3. The Hall–Kier alpha value is -5.84. The number of nitrogen functional groups attached to an aromatic ring is 1. The molecule has 11 nitrogen and oxygen atoms in total. The number of piperidine rings is 2. The molecule has 4 aromatic carbocycles. The molecule has 11 heteroatoms. The molecule has 2 fully saturated rings.